The zero-order chi connectivity index (χ0) is 12.0. The van der Waals surface area contributed by atoms with Crippen molar-refractivity contribution in [3.63, 3.8) is 0 Å². The Balaban J connectivity index is 2.89. The van der Waals surface area contributed by atoms with Crippen LogP contribution < -0.4 is 15.2 Å². The first kappa shape index (κ1) is 12.8. The fourth-order valence-electron chi connectivity index (χ4n) is 1.57. The van der Waals surface area contributed by atoms with Crippen molar-refractivity contribution in [1.29, 1.82) is 0 Å². The molecule has 16 heavy (non-hydrogen) atoms. The summed E-state index contributed by atoms with van der Waals surface area (Å²) in [6.45, 7) is 0.573. The van der Waals surface area contributed by atoms with Crippen LogP contribution in [-0.2, 0) is 0 Å². The van der Waals surface area contributed by atoms with E-state index in [2.05, 4.69) is 0 Å². The molecule has 0 aliphatic rings. The maximum atomic E-state index is 9.99. The Kier molecular flexibility index (Phi) is 5.08. The third-order valence-electron chi connectivity index (χ3n) is 2.48. The molecule has 0 fully saturated rings. The average molecular weight is 225 g/mol. The van der Waals surface area contributed by atoms with Crippen molar-refractivity contribution in [1.82, 2.24) is 0 Å². The number of rotatable bonds is 6. The number of nitrogens with two attached hydrogens (primary N) is 1. The monoisotopic (exact) mass is 225 g/mol. The molecule has 0 radical (unpaired) electrons. The van der Waals surface area contributed by atoms with Crippen molar-refractivity contribution < 1.29 is 14.6 Å². The van der Waals surface area contributed by atoms with Crippen LogP contribution >= 0.6 is 0 Å². The first-order chi connectivity index (χ1) is 7.72. The summed E-state index contributed by atoms with van der Waals surface area (Å²) in [6.07, 6.45) is 0.843. The Morgan fingerprint density at radius 1 is 1.31 bits per heavy atom. The molecule has 0 aromatic heterocycles. The Labute approximate surface area is 96.0 Å². The lowest BCUT2D eigenvalue weighted by molar-refractivity contribution is 0.161. The van der Waals surface area contributed by atoms with Crippen molar-refractivity contribution in [2.75, 3.05) is 20.8 Å². The van der Waals surface area contributed by atoms with Gasteiger partial charge in [-0.25, -0.2) is 0 Å². The second-order valence-corrected chi connectivity index (χ2v) is 3.55. The molecule has 4 nitrogen and oxygen atoms in total. The second kappa shape index (κ2) is 6.35. The van der Waals surface area contributed by atoms with Gasteiger partial charge in [0.25, 0.3) is 0 Å². The van der Waals surface area contributed by atoms with Crippen molar-refractivity contribution in [3.05, 3.63) is 23.8 Å². The van der Waals surface area contributed by atoms with Gasteiger partial charge in [0.1, 0.15) is 11.5 Å². The lowest BCUT2D eigenvalue weighted by atomic mass is 10.0. The minimum absolute atomic E-state index is 0.561. The topological polar surface area (TPSA) is 64.7 Å². The average Bonchev–Trinajstić information content (AvgIpc) is 2.35. The summed E-state index contributed by atoms with van der Waals surface area (Å²) in [5, 5.41) is 9.99. The van der Waals surface area contributed by atoms with E-state index in [0.717, 1.165) is 12.0 Å². The number of aliphatic hydroxyl groups is 1. The highest BCUT2D eigenvalue weighted by Crippen LogP contribution is 2.31. The van der Waals surface area contributed by atoms with Gasteiger partial charge in [0.2, 0.25) is 0 Å². The first-order valence-electron chi connectivity index (χ1n) is 5.33. The molecule has 1 aromatic carbocycles. The molecule has 1 atom stereocenters. The summed E-state index contributed by atoms with van der Waals surface area (Å²) in [5.74, 6) is 1.38. The summed E-state index contributed by atoms with van der Waals surface area (Å²) in [4.78, 5) is 0. The molecule has 1 unspecified atom stereocenters. The van der Waals surface area contributed by atoms with Crippen molar-refractivity contribution in [3.8, 4) is 11.5 Å². The Hall–Kier alpha value is -1.26. The summed E-state index contributed by atoms with van der Waals surface area (Å²) >= 11 is 0. The van der Waals surface area contributed by atoms with Crippen LogP contribution in [0.3, 0.4) is 0 Å². The fourth-order valence-corrected chi connectivity index (χ4v) is 1.57. The summed E-state index contributed by atoms with van der Waals surface area (Å²) in [7, 11) is 3.18. The van der Waals surface area contributed by atoms with Crippen LogP contribution in [0.4, 0.5) is 0 Å². The third-order valence-corrected chi connectivity index (χ3v) is 2.48. The molecule has 0 amide bonds. The van der Waals surface area contributed by atoms with E-state index in [4.69, 9.17) is 15.2 Å². The number of ether oxygens (including phenoxy) is 2. The van der Waals surface area contributed by atoms with Gasteiger partial charge in [-0.2, -0.15) is 0 Å². The van der Waals surface area contributed by atoms with E-state index >= 15 is 0 Å². The summed E-state index contributed by atoms with van der Waals surface area (Å²) < 4.78 is 10.3. The van der Waals surface area contributed by atoms with Gasteiger partial charge < -0.3 is 20.3 Å². The molecule has 90 valence electrons. The lowest BCUT2D eigenvalue weighted by Crippen LogP contribution is -2.05. The second-order valence-electron chi connectivity index (χ2n) is 3.55. The third kappa shape index (κ3) is 3.12. The van der Waals surface area contributed by atoms with E-state index < -0.39 is 6.10 Å². The molecule has 0 spiro atoms. The van der Waals surface area contributed by atoms with Gasteiger partial charge in [0, 0.05) is 5.56 Å². The minimum Gasteiger partial charge on any atom is -0.497 e. The highest BCUT2D eigenvalue weighted by molar-refractivity contribution is 5.41. The maximum Gasteiger partial charge on any atom is 0.124 e. The Morgan fingerprint density at radius 2 is 2.06 bits per heavy atom. The SMILES string of the molecule is COc1ccc(OC)c(C(O)CCCN)c1. The number of hydrogen-bond donors (Lipinski definition) is 2. The molecule has 0 aliphatic carbocycles. The van der Waals surface area contributed by atoms with Crippen LogP contribution in [0.2, 0.25) is 0 Å². The molecule has 4 heteroatoms. The van der Waals surface area contributed by atoms with Gasteiger partial charge in [0.05, 0.1) is 20.3 Å². The van der Waals surface area contributed by atoms with Crippen LogP contribution in [-0.4, -0.2) is 25.9 Å². The van der Waals surface area contributed by atoms with Gasteiger partial charge in [-0.05, 0) is 37.6 Å². The van der Waals surface area contributed by atoms with Gasteiger partial charge in [0.15, 0.2) is 0 Å². The van der Waals surface area contributed by atoms with Gasteiger partial charge in [-0.15, -0.1) is 0 Å². The zero-order valence-corrected chi connectivity index (χ0v) is 9.77. The van der Waals surface area contributed by atoms with E-state index in [1.807, 2.05) is 0 Å². The molecule has 0 aliphatic heterocycles. The predicted molar refractivity (Wildman–Crippen MR) is 62.8 cm³/mol. The van der Waals surface area contributed by atoms with Crippen molar-refractivity contribution in [2.24, 2.45) is 5.73 Å². The number of hydrogen-bond acceptors (Lipinski definition) is 4. The predicted octanol–water partition coefficient (Wildman–Crippen LogP) is 1.48. The van der Waals surface area contributed by atoms with Crippen molar-refractivity contribution >= 4 is 0 Å². The molecule has 3 N–H and O–H groups in total. The van der Waals surface area contributed by atoms with E-state index in [0.29, 0.717) is 24.5 Å². The molecule has 0 heterocycles. The normalized spacial score (nSPS) is 12.2. The number of methoxy groups -OCH3 is 2. The number of aliphatic hydroxyl groups excluding tert-OH is 1. The van der Waals surface area contributed by atoms with Gasteiger partial charge in [-0.3, -0.25) is 0 Å². The minimum atomic E-state index is -0.561. The quantitative estimate of drug-likeness (QED) is 0.769. The largest absolute Gasteiger partial charge is 0.497 e. The molecule has 0 saturated heterocycles. The van der Waals surface area contributed by atoms with Crippen LogP contribution in [0.15, 0.2) is 18.2 Å². The van der Waals surface area contributed by atoms with Crippen LogP contribution in [0.5, 0.6) is 11.5 Å². The van der Waals surface area contributed by atoms with E-state index in [1.165, 1.54) is 0 Å². The standard InChI is InChI=1S/C12H19NO3/c1-15-9-5-6-12(16-2)10(8-9)11(14)4-3-7-13/h5-6,8,11,14H,3-4,7,13H2,1-2H3. The Bertz CT molecular complexity index is 328. The molecular weight excluding hydrogens is 206 g/mol. The molecule has 0 bridgehead atoms. The first-order valence-corrected chi connectivity index (χ1v) is 5.33. The van der Waals surface area contributed by atoms with Crippen molar-refractivity contribution in [2.45, 2.75) is 18.9 Å². The van der Waals surface area contributed by atoms with Crippen LogP contribution in [0, 0.1) is 0 Å². The maximum absolute atomic E-state index is 9.99. The lowest BCUT2D eigenvalue weighted by Gasteiger charge is -2.15. The summed E-state index contributed by atoms with van der Waals surface area (Å²) in [5.41, 5.74) is 6.16. The number of benzene rings is 1. The summed E-state index contributed by atoms with van der Waals surface area (Å²) in [6, 6.07) is 5.39. The van der Waals surface area contributed by atoms with Crippen LogP contribution in [0.25, 0.3) is 0 Å². The molecule has 1 aromatic rings. The highest BCUT2D eigenvalue weighted by atomic mass is 16.5. The fraction of sp³-hybridized carbons (Fsp3) is 0.500. The van der Waals surface area contributed by atoms with E-state index in [1.54, 1.807) is 32.4 Å². The highest BCUT2D eigenvalue weighted by Gasteiger charge is 2.13. The van der Waals surface area contributed by atoms with Crippen LogP contribution in [0.1, 0.15) is 24.5 Å². The molecular formula is C12H19NO3. The Morgan fingerprint density at radius 3 is 2.62 bits per heavy atom. The smallest absolute Gasteiger partial charge is 0.124 e. The molecule has 0 saturated carbocycles. The van der Waals surface area contributed by atoms with E-state index in [-0.39, 0.29) is 0 Å². The van der Waals surface area contributed by atoms with Gasteiger partial charge in [-0.1, -0.05) is 0 Å². The zero-order valence-electron chi connectivity index (χ0n) is 9.77. The van der Waals surface area contributed by atoms with E-state index in [9.17, 15) is 5.11 Å². The molecule has 1 rings (SSSR count). The van der Waals surface area contributed by atoms with Gasteiger partial charge >= 0.3 is 0 Å².